The summed E-state index contributed by atoms with van der Waals surface area (Å²) in [7, 11) is 0. The fourth-order valence-corrected chi connectivity index (χ4v) is 3.78. The van der Waals surface area contributed by atoms with Crippen molar-refractivity contribution in [2.24, 2.45) is 0 Å². The van der Waals surface area contributed by atoms with Gasteiger partial charge in [0.25, 0.3) is 5.91 Å². The number of hydrogen-bond donors (Lipinski definition) is 1. The lowest BCUT2D eigenvalue weighted by atomic mass is 10.0. The van der Waals surface area contributed by atoms with Gasteiger partial charge in [-0.3, -0.25) is 4.79 Å². The van der Waals surface area contributed by atoms with Crippen LogP contribution in [0.15, 0.2) is 48.8 Å². The molecular weight excluding hydrogens is 364 g/mol. The Morgan fingerprint density at radius 3 is 3.00 bits per heavy atom. The highest BCUT2D eigenvalue weighted by Gasteiger charge is 2.24. The van der Waals surface area contributed by atoms with Crippen molar-refractivity contribution in [1.82, 2.24) is 20.1 Å². The highest BCUT2D eigenvalue weighted by molar-refractivity contribution is 5.94. The molecule has 0 bridgehead atoms. The average Bonchev–Trinajstić information content (AvgIpc) is 3.06. The van der Waals surface area contributed by atoms with E-state index in [0.717, 1.165) is 48.2 Å². The van der Waals surface area contributed by atoms with Crippen LogP contribution in [0.5, 0.6) is 5.88 Å². The van der Waals surface area contributed by atoms with Gasteiger partial charge in [0, 0.05) is 29.6 Å². The number of rotatable bonds is 5. The zero-order chi connectivity index (χ0) is 20.2. The summed E-state index contributed by atoms with van der Waals surface area (Å²) in [4.78, 5) is 17.0. The van der Waals surface area contributed by atoms with Gasteiger partial charge in [0.2, 0.25) is 5.88 Å². The molecule has 0 saturated carbocycles. The second kappa shape index (κ2) is 8.47. The summed E-state index contributed by atoms with van der Waals surface area (Å²) in [6, 6.07) is 11.4. The van der Waals surface area contributed by atoms with Crippen molar-refractivity contribution in [2.75, 3.05) is 6.61 Å². The number of ether oxygens (including phenoxy) is 1. The fraction of sp³-hybridized carbons (Fsp3) is 0.348. The quantitative estimate of drug-likeness (QED) is 0.664. The van der Waals surface area contributed by atoms with Crippen molar-refractivity contribution < 1.29 is 9.53 Å². The first-order chi connectivity index (χ1) is 14.1. The standard InChI is InChI=1S/C23H26N4O2/c1-3-29-22-14-18(11-12-24-22)27-15-19-20(9-4-5-10-21(19)26-27)25-23(28)17-8-6-7-16(2)13-17/h6-8,11-15,20H,3-5,9-10H2,1-2H3,(H,25,28)/t20-/m1/s1. The summed E-state index contributed by atoms with van der Waals surface area (Å²) in [5.74, 6) is 0.543. The highest BCUT2D eigenvalue weighted by atomic mass is 16.5. The molecule has 29 heavy (non-hydrogen) atoms. The van der Waals surface area contributed by atoms with E-state index in [1.807, 2.05) is 61.1 Å². The Bertz CT molecular complexity index is 1010. The molecule has 1 aliphatic carbocycles. The Morgan fingerprint density at radius 2 is 2.17 bits per heavy atom. The Labute approximate surface area is 170 Å². The summed E-state index contributed by atoms with van der Waals surface area (Å²) in [5, 5.41) is 8.03. The summed E-state index contributed by atoms with van der Waals surface area (Å²) < 4.78 is 7.38. The van der Waals surface area contributed by atoms with Crippen molar-refractivity contribution in [2.45, 2.75) is 45.6 Å². The third-order valence-corrected chi connectivity index (χ3v) is 5.22. The smallest absolute Gasteiger partial charge is 0.251 e. The number of aryl methyl sites for hydroxylation is 2. The van der Waals surface area contributed by atoms with E-state index < -0.39 is 0 Å². The number of amides is 1. The maximum atomic E-state index is 12.8. The van der Waals surface area contributed by atoms with Crippen LogP contribution in [-0.4, -0.2) is 27.3 Å². The third kappa shape index (κ3) is 4.31. The molecule has 0 unspecified atom stereocenters. The molecule has 0 fully saturated rings. The van der Waals surface area contributed by atoms with Crippen molar-refractivity contribution in [3.63, 3.8) is 0 Å². The first kappa shape index (κ1) is 19.2. The van der Waals surface area contributed by atoms with E-state index in [1.165, 1.54) is 0 Å². The van der Waals surface area contributed by atoms with E-state index >= 15 is 0 Å². The van der Waals surface area contributed by atoms with Crippen LogP contribution in [0.25, 0.3) is 5.69 Å². The number of fused-ring (bicyclic) bond motifs is 1. The Hall–Kier alpha value is -3.15. The van der Waals surface area contributed by atoms with Gasteiger partial charge in [-0.15, -0.1) is 0 Å². The average molecular weight is 390 g/mol. The van der Waals surface area contributed by atoms with Gasteiger partial charge in [-0.2, -0.15) is 5.10 Å². The molecule has 1 amide bonds. The molecule has 0 radical (unpaired) electrons. The van der Waals surface area contributed by atoms with Crippen LogP contribution in [0, 0.1) is 6.92 Å². The molecule has 150 valence electrons. The van der Waals surface area contributed by atoms with Crippen LogP contribution in [0.1, 0.15) is 59.4 Å². The molecule has 6 nitrogen and oxygen atoms in total. The molecule has 3 aromatic rings. The molecule has 6 heteroatoms. The van der Waals surface area contributed by atoms with E-state index in [9.17, 15) is 4.79 Å². The van der Waals surface area contributed by atoms with E-state index in [-0.39, 0.29) is 11.9 Å². The van der Waals surface area contributed by atoms with Gasteiger partial charge in [0.1, 0.15) is 0 Å². The van der Waals surface area contributed by atoms with Gasteiger partial charge in [0.15, 0.2) is 0 Å². The number of nitrogens with zero attached hydrogens (tertiary/aromatic N) is 3. The summed E-state index contributed by atoms with van der Waals surface area (Å²) in [6.45, 7) is 4.50. The lowest BCUT2D eigenvalue weighted by molar-refractivity contribution is 0.0934. The number of nitrogens with one attached hydrogen (secondary N) is 1. The molecule has 2 heterocycles. The summed E-state index contributed by atoms with van der Waals surface area (Å²) >= 11 is 0. The molecule has 1 aliphatic rings. The van der Waals surface area contributed by atoms with Crippen LogP contribution in [0.4, 0.5) is 0 Å². The van der Waals surface area contributed by atoms with E-state index in [4.69, 9.17) is 9.84 Å². The van der Waals surface area contributed by atoms with Crippen LogP contribution >= 0.6 is 0 Å². The predicted molar refractivity (Wildman–Crippen MR) is 111 cm³/mol. The molecule has 0 saturated heterocycles. The number of carbonyl (C=O) groups is 1. The SMILES string of the molecule is CCOc1cc(-n2cc3c(n2)CCCC[C@H]3NC(=O)c2cccc(C)c2)ccn1. The van der Waals surface area contributed by atoms with Gasteiger partial charge in [0.05, 0.1) is 24.0 Å². The zero-order valence-electron chi connectivity index (χ0n) is 16.9. The number of hydrogen-bond acceptors (Lipinski definition) is 4. The molecule has 1 N–H and O–H groups in total. The largest absolute Gasteiger partial charge is 0.478 e. The number of aromatic nitrogens is 3. The third-order valence-electron chi connectivity index (χ3n) is 5.22. The predicted octanol–water partition coefficient (Wildman–Crippen LogP) is 4.17. The second-order valence-electron chi connectivity index (χ2n) is 7.40. The Morgan fingerprint density at radius 1 is 1.28 bits per heavy atom. The van der Waals surface area contributed by atoms with Crippen molar-refractivity contribution in [3.05, 3.63) is 71.2 Å². The Balaban J connectivity index is 1.61. The van der Waals surface area contributed by atoms with Gasteiger partial charge < -0.3 is 10.1 Å². The fourth-order valence-electron chi connectivity index (χ4n) is 3.78. The number of carbonyl (C=O) groups excluding carboxylic acids is 1. The normalized spacial score (nSPS) is 16.0. The first-order valence-electron chi connectivity index (χ1n) is 10.2. The van der Waals surface area contributed by atoms with Crippen LogP contribution in [0.3, 0.4) is 0 Å². The summed E-state index contributed by atoms with van der Waals surface area (Å²) in [6.07, 6.45) is 7.73. The van der Waals surface area contributed by atoms with Gasteiger partial charge in [-0.25, -0.2) is 9.67 Å². The highest BCUT2D eigenvalue weighted by Crippen LogP contribution is 2.29. The molecular formula is C23H26N4O2. The van der Waals surface area contributed by atoms with Gasteiger partial charge in [-0.05, 0) is 51.3 Å². The molecule has 0 aliphatic heterocycles. The van der Waals surface area contributed by atoms with E-state index in [0.29, 0.717) is 18.1 Å². The first-order valence-corrected chi connectivity index (χ1v) is 10.2. The maximum Gasteiger partial charge on any atom is 0.251 e. The molecule has 1 atom stereocenters. The van der Waals surface area contributed by atoms with Crippen LogP contribution in [0.2, 0.25) is 0 Å². The second-order valence-corrected chi connectivity index (χ2v) is 7.40. The van der Waals surface area contributed by atoms with Gasteiger partial charge in [-0.1, -0.05) is 24.1 Å². The lowest BCUT2D eigenvalue weighted by Crippen LogP contribution is -2.28. The minimum absolute atomic E-state index is 0.0394. The monoisotopic (exact) mass is 390 g/mol. The Kier molecular flexibility index (Phi) is 5.60. The van der Waals surface area contributed by atoms with Crippen LogP contribution in [-0.2, 0) is 6.42 Å². The van der Waals surface area contributed by atoms with Crippen LogP contribution < -0.4 is 10.1 Å². The molecule has 2 aromatic heterocycles. The van der Waals surface area contributed by atoms with Crippen molar-refractivity contribution in [1.29, 1.82) is 0 Å². The summed E-state index contributed by atoms with van der Waals surface area (Å²) in [5.41, 5.74) is 4.82. The zero-order valence-corrected chi connectivity index (χ0v) is 16.9. The maximum absolute atomic E-state index is 12.8. The van der Waals surface area contributed by atoms with Crippen molar-refractivity contribution >= 4 is 5.91 Å². The topological polar surface area (TPSA) is 69.0 Å². The minimum atomic E-state index is -0.0400. The number of benzene rings is 1. The van der Waals surface area contributed by atoms with Crippen molar-refractivity contribution in [3.8, 4) is 11.6 Å². The van der Waals surface area contributed by atoms with Gasteiger partial charge >= 0.3 is 0 Å². The minimum Gasteiger partial charge on any atom is -0.478 e. The number of pyridine rings is 1. The van der Waals surface area contributed by atoms with E-state index in [1.54, 1.807) is 6.20 Å². The molecule has 1 aromatic carbocycles. The molecule has 0 spiro atoms. The lowest BCUT2D eigenvalue weighted by Gasteiger charge is -2.17. The van der Waals surface area contributed by atoms with E-state index in [2.05, 4.69) is 10.3 Å². The molecule has 4 rings (SSSR count).